The molecule has 28 nitrogen and oxygen atoms in total. The fourth-order valence-corrected chi connectivity index (χ4v) is 17.5. The molecule has 0 aromatic rings. The first-order valence-electron chi connectivity index (χ1n) is 30.7. The zero-order valence-corrected chi connectivity index (χ0v) is 50.4. The average molecular weight is 1250 g/mol. The van der Waals surface area contributed by atoms with Gasteiger partial charge in [-0.25, -0.2) is 0 Å². The summed E-state index contributed by atoms with van der Waals surface area (Å²) in [5, 5.41) is 176. The van der Waals surface area contributed by atoms with E-state index in [4.69, 9.17) is 47.4 Å². The number of esters is 1. The van der Waals surface area contributed by atoms with Crippen LogP contribution in [0.25, 0.3) is 0 Å². The van der Waals surface area contributed by atoms with Crippen molar-refractivity contribution in [3.05, 3.63) is 11.6 Å². The summed E-state index contributed by atoms with van der Waals surface area (Å²) in [4.78, 5) is 28.9. The molecule has 34 unspecified atom stereocenters. The SMILES string of the molecule is CC1OC(OC2C(CO)OC(OCC3OC(OC(=O)C45CCC(C)(C)CC4C4=CCC6C7(C)CC(O)C(O)C(C)(C(=O)O)C7CCC6(C)C4(C)CC5)C(OC4OC(C)C(OC5OCC(O)C(O)C5O)C(O)C4O)C(O)C3O)C(O)C2O)C(O)C(O)C1O. The van der Waals surface area contributed by atoms with Gasteiger partial charge in [0, 0.05) is 0 Å². The van der Waals surface area contributed by atoms with Crippen molar-refractivity contribution in [2.75, 3.05) is 19.8 Å². The van der Waals surface area contributed by atoms with Gasteiger partial charge in [0.2, 0.25) is 6.29 Å². The summed E-state index contributed by atoms with van der Waals surface area (Å²) in [6, 6.07) is 0. The van der Waals surface area contributed by atoms with Crippen molar-refractivity contribution in [1.82, 2.24) is 0 Å². The summed E-state index contributed by atoms with van der Waals surface area (Å²) in [5.41, 5.74) is -3.84. The predicted molar refractivity (Wildman–Crippen MR) is 290 cm³/mol. The van der Waals surface area contributed by atoms with E-state index in [0.717, 1.165) is 5.57 Å². The third-order valence-corrected chi connectivity index (χ3v) is 23.1. The molecule has 4 saturated carbocycles. The average Bonchev–Trinajstić information content (AvgIpc) is 0.677. The van der Waals surface area contributed by atoms with Crippen LogP contribution in [0.4, 0.5) is 0 Å². The molecular weight excluding hydrogens is 1160 g/mol. The number of aliphatic carboxylic acids is 1. The number of aliphatic hydroxyl groups excluding tert-OH is 15. The quantitative estimate of drug-likeness (QED) is 0.0629. The van der Waals surface area contributed by atoms with Gasteiger partial charge >= 0.3 is 11.9 Å². The molecule has 5 heterocycles. The highest BCUT2D eigenvalue weighted by atomic mass is 16.8. The third-order valence-electron chi connectivity index (χ3n) is 23.1. The topological polar surface area (TPSA) is 450 Å². The lowest BCUT2D eigenvalue weighted by Crippen LogP contribution is -2.69. The van der Waals surface area contributed by atoms with Gasteiger partial charge in [0.15, 0.2) is 31.3 Å². The number of carboxylic acid groups (broad SMARTS) is 1. The molecule has 34 atom stereocenters. The number of rotatable bonds is 13. The molecule has 28 heteroatoms. The van der Waals surface area contributed by atoms with Gasteiger partial charge in [0.1, 0.15) is 97.7 Å². The van der Waals surface area contributed by atoms with Crippen molar-refractivity contribution in [2.45, 2.75) is 273 Å². The smallest absolute Gasteiger partial charge is 0.315 e. The van der Waals surface area contributed by atoms with Crippen LogP contribution in [0.5, 0.6) is 0 Å². The number of carbonyl (C=O) groups is 2. The normalized spacial score (nSPS) is 55.1. The molecule has 0 bridgehead atoms. The van der Waals surface area contributed by atoms with Crippen LogP contribution >= 0.6 is 0 Å². The van der Waals surface area contributed by atoms with Gasteiger partial charge in [-0.05, 0) is 118 Å². The van der Waals surface area contributed by atoms with E-state index in [1.165, 1.54) is 20.8 Å². The maximum absolute atomic E-state index is 15.8. The number of aliphatic hydroxyl groups is 15. The zero-order chi connectivity index (χ0) is 63.7. The second-order valence-electron chi connectivity index (χ2n) is 28.6. The molecule has 5 aliphatic heterocycles. The minimum Gasteiger partial charge on any atom is -0.481 e. The molecule has 0 radical (unpaired) electrons. The maximum atomic E-state index is 15.8. The largest absolute Gasteiger partial charge is 0.481 e. The Labute approximate surface area is 503 Å². The van der Waals surface area contributed by atoms with Crippen molar-refractivity contribution in [2.24, 2.45) is 50.2 Å². The van der Waals surface area contributed by atoms with Crippen LogP contribution in [0.3, 0.4) is 0 Å². The monoisotopic (exact) mass is 1250 g/mol. The number of allylic oxidation sites excluding steroid dienone is 2. The maximum Gasteiger partial charge on any atom is 0.315 e. The molecule has 10 rings (SSSR count). The van der Waals surface area contributed by atoms with Gasteiger partial charge in [-0.3, -0.25) is 9.59 Å². The van der Waals surface area contributed by atoms with E-state index in [2.05, 4.69) is 33.8 Å². The Morgan fingerprint density at radius 1 is 0.563 bits per heavy atom. The number of ether oxygens (including phenoxy) is 10. The van der Waals surface area contributed by atoms with Crippen LogP contribution in [0.15, 0.2) is 11.6 Å². The summed E-state index contributed by atoms with van der Waals surface area (Å²) in [7, 11) is 0. The number of carbonyl (C=O) groups excluding carboxylic acids is 1. The molecule has 16 N–H and O–H groups in total. The third kappa shape index (κ3) is 11.2. The van der Waals surface area contributed by atoms with Crippen molar-refractivity contribution in [1.29, 1.82) is 0 Å². The molecule has 0 spiro atoms. The lowest BCUT2D eigenvalue weighted by molar-refractivity contribution is -0.380. The number of carboxylic acids is 1. The van der Waals surface area contributed by atoms with E-state index >= 15 is 4.79 Å². The van der Waals surface area contributed by atoms with Crippen LogP contribution in [-0.2, 0) is 57.0 Å². The van der Waals surface area contributed by atoms with Gasteiger partial charge in [-0.1, -0.05) is 46.3 Å². The van der Waals surface area contributed by atoms with E-state index in [1.807, 2.05) is 6.92 Å². The highest BCUT2D eigenvalue weighted by Gasteiger charge is 2.72. The number of hydrogen-bond acceptors (Lipinski definition) is 27. The second-order valence-corrected chi connectivity index (χ2v) is 28.6. The van der Waals surface area contributed by atoms with Gasteiger partial charge in [0.25, 0.3) is 0 Å². The fraction of sp³-hybridized carbons (Fsp3) is 0.932. The summed E-state index contributed by atoms with van der Waals surface area (Å²) < 4.78 is 59.2. The molecule has 5 aliphatic carbocycles. The van der Waals surface area contributed by atoms with Crippen LogP contribution < -0.4 is 0 Å². The van der Waals surface area contributed by atoms with Crippen LogP contribution in [0, 0.1) is 50.2 Å². The van der Waals surface area contributed by atoms with Crippen LogP contribution in [-0.4, -0.2) is 273 Å². The van der Waals surface area contributed by atoms with Gasteiger partial charge in [0.05, 0.1) is 55.1 Å². The molecule has 0 aromatic heterocycles. The first-order valence-corrected chi connectivity index (χ1v) is 30.7. The van der Waals surface area contributed by atoms with Gasteiger partial charge in [-0.2, -0.15) is 0 Å². The Bertz CT molecular complexity index is 2490. The molecule has 498 valence electrons. The fourth-order valence-electron chi connectivity index (χ4n) is 17.5. The zero-order valence-electron chi connectivity index (χ0n) is 50.4. The first-order chi connectivity index (χ1) is 40.6. The Morgan fingerprint density at radius 2 is 1.14 bits per heavy atom. The standard InChI is InChI=1S/C59H94O28/c1-22-32(63)35(66)40(71)49(80-22)85-44-28(19-60)82-47(41(72)38(44)69)79-21-29-34(65)36(67)45(86-50-42(73)37(68)43(23(2)81-50)84-48-39(70)33(64)27(62)20-78-48)51(83-29)87-53(77)59-15-13-54(3,4)17-25(59)24-9-10-30-55(5)18-26(61)46(74)58(8,52(75)76)31(55)11-12-57(30,7)56(24,6)14-16-59/h9,22-23,25-51,60-74H,10-21H2,1-8H3,(H,75,76). The lowest BCUT2D eigenvalue weighted by Gasteiger charge is -2.71. The molecule has 0 aromatic carbocycles. The minimum atomic E-state index is -2.09. The van der Waals surface area contributed by atoms with Gasteiger partial charge < -0.3 is 129 Å². The van der Waals surface area contributed by atoms with Crippen molar-refractivity contribution in [3.8, 4) is 0 Å². The Kier molecular flexibility index (Phi) is 19.1. The molecule has 87 heavy (non-hydrogen) atoms. The van der Waals surface area contributed by atoms with Gasteiger partial charge in [-0.15, -0.1) is 0 Å². The van der Waals surface area contributed by atoms with E-state index in [1.54, 1.807) is 0 Å². The summed E-state index contributed by atoms with van der Waals surface area (Å²) in [5.74, 6) is -2.95. The Morgan fingerprint density at radius 3 is 1.80 bits per heavy atom. The summed E-state index contributed by atoms with van der Waals surface area (Å²) in [6.45, 7) is 13.0. The van der Waals surface area contributed by atoms with Crippen molar-refractivity contribution < 1.29 is 139 Å². The Balaban J connectivity index is 0.923. The Hall–Kier alpha value is -2.28. The lowest BCUT2D eigenvalue weighted by atomic mass is 9.33. The van der Waals surface area contributed by atoms with Crippen LogP contribution in [0.2, 0.25) is 0 Å². The van der Waals surface area contributed by atoms with E-state index in [-0.39, 0.29) is 17.8 Å². The molecule has 0 amide bonds. The van der Waals surface area contributed by atoms with Crippen LogP contribution in [0.1, 0.15) is 113 Å². The van der Waals surface area contributed by atoms with Crippen molar-refractivity contribution in [3.63, 3.8) is 0 Å². The van der Waals surface area contributed by atoms with E-state index < -0.39 is 230 Å². The predicted octanol–water partition coefficient (Wildman–Crippen LogP) is -3.48. The van der Waals surface area contributed by atoms with Crippen molar-refractivity contribution >= 4 is 11.9 Å². The highest BCUT2D eigenvalue weighted by molar-refractivity contribution is 5.79. The first kappa shape index (κ1) is 67.6. The van der Waals surface area contributed by atoms with E-state index in [9.17, 15) is 86.5 Å². The minimum absolute atomic E-state index is 0.128. The van der Waals surface area contributed by atoms with E-state index in [0.29, 0.717) is 51.4 Å². The molecule has 5 saturated heterocycles. The highest BCUT2D eigenvalue weighted by Crippen LogP contribution is 2.76. The summed E-state index contributed by atoms with van der Waals surface area (Å²) in [6.07, 6.45) is -37.8. The number of fused-ring (bicyclic) bond motifs is 7. The number of hydrogen-bond donors (Lipinski definition) is 16. The summed E-state index contributed by atoms with van der Waals surface area (Å²) >= 11 is 0. The molecule has 10 aliphatic rings. The second kappa shape index (κ2) is 24.6. The molecule has 9 fully saturated rings. The molecular formula is C59H94O28.